The number of hydrogen-bond acceptors (Lipinski definition) is 3. The molecule has 0 atom stereocenters. The number of carbonyl (C=O) groups is 2. The molecule has 0 aliphatic heterocycles. The van der Waals surface area contributed by atoms with E-state index < -0.39 is 11.7 Å². The van der Waals surface area contributed by atoms with E-state index in [0.717, 1.165) is 12.2 Å². The minimum Gasteiger partial charge on any atom is -0.868 e. The van der Waals surface area contributed by atoms with Gasteiger partial charge in [-0.1, -0.05) is 19.1 Å². The second-order valence-electron chi connectivity index (χ2n) is 2.02. The van der Waals surface area contributed by atoms with Gasteiger partial charge in [-0.2, -0.15) is 0 Å². The van der Waals surface area contributed by atoms with Gasteiger partial charge in [-0.25, -0.2) is 4.79 Å². The Kier molecular flexibility index (Phi) is 4.45. The molecule has 0 aliphatic rings. The van der Waals surface area contributed by atoms with Crippen LogP contribution < -0.4 is 5.11 Å². The lowest BCUT2D eigenvalue weighted by Gasteiger charge is -2.01. The smallest absolute Gasteiger partial charge is 0.320 e. The van der Waals surface area contributed by atoms with Crippen molar-refractivity contribution in [3.63, 3.8) is 0 Å². The molecule has 0 fully saturated rings. The first-order chi connectivity index (χ1) is 5.57. The van der Waals surface area contributed by atoms with E-state index in [2.05, 4.69) is 0 Å². The number of carboxylic acid groups (broad SMARTS) is 1. The molecule has 4 heteroatoms. The first-order valence-electron chi connectivity index (χ1n) is 3.39. The molecular weight excluding hydrogens is 160 g/mol. The SMILES string of the molecule is CCC(=O)/C=C\C=C(\[O-])C(=O)O. The Morgan fingerprint density at radius 2 is 2.08 bits per heavy atom. The average molecular weight is 169 g/mol. The van der Waals surface area contributed by atoms with Crippen LogP contribution in [0.1, 0.15) is 13.3 Å². The van der Waals surface area contributed by atoms with E-state index in [-0.39, 0.29) is 5.78 Å². The minimum absolute atomic E-state index is 0.149. The van der Waals surface area contributed by atoms with Crippen molar-refractivity contribution in [3.8, 4) is 0 Å². The Hall–Kier alpha value is -1.58. The van der Waals surface area contributed by atoms with Crippen molar-refractivity contribution in [1.29, 1.82) is 0 Å². The van der Waals surface area contributed by atoms with E-state index >= 15 is 0 Å². The van der Waals surface area contributed by atoms with Crippen LogP contribution in [-0.4, -0.2) is 16.9 Å². The number of rotatable bonds is 4. The number of ketones is 1. The second-order valence-corrected chi connectivity index (χ2v) is 2.02. The molecule has 0 radical (unpaired) electrons. The molecular formula is C8H9O4-. The van der Waals surface area contributed by atoms with Crippen LogP contribution in [0, 0.1) is 0 Å². The molecule has 0 aromatic carbocycles. The lowest BCUT2D eigenvalue weighted by Crippen LogP contribution is -2.13. The van der Waals surface area contributed by atoms with Gasteiger partial charge in [0.15, 0.2) is 5.78 Å². The summed E-state index contributed by atoms with van der Waals surface area (Å²) in [6.45, 7) is 1.67. The Morgan fingerprint density at radius 3 is 2.50 bits per heavy atom. The largest absolute Gasteiger partial charge is 0.868 e. The molecule has 0 amide bonds. The van der Waals surface area contributed by atoms with Gasteiger partial charge in [0.25, 0.3) is 0 Å². The van der Waals surface area contributed by atoms with E-state index in [4.69, 9.17) is 5.11 Å². The molecule has 0 unspecified atom stereocenters. The topological polar surface area (TPSA) is 77.4 Å². The summed E-state index contributed by atoms with van der Waals surface area (Å²) in [6, 6.07) is 0. The van der Waals surface area contributed by atoms with Crippen LogP contribution in [0.4, 0.5) is 0 Å². The normalized spacial score (nSPS) is 11.9. The number of carboxylic acids is 1. The van der Waals surface area contributed by atoms with E-state index in [1.165, 1.54) is 6.08 Å². The zero-order valence-electron chi connectivity index (χ0n) is 6.61. The fourth-order valence-electron chi connectivity index (χ4n) is 0.432. The predicted molar refractivity (Wildman–Crippen MR) is 40.2 cm³/mol. The fraction of sp³-hybridized carbons (Fsp3) is 0.250. The van der Waals surface area contributed by atoms with E-state index in [1.54, 1.807) is 6.92 Å². The summed E-state index contributed by atoms with van der Waals surface area (Å²) in [5.41, 5.74) is 0. The standard InChI is InChI=1S/C8H10O4/c1-2-6(9)4-3-5-7(10)8(11)12/h3-5,10H,2H2,1H3,(H,11,12)/p-1/b4-3-,7-5+. The molecule has 12 heavy (non-hydrogen) atoms. The first-order valence-corrected chi connectivity index (χ1v) is 3.39. The lowest BCUT2D eigenvalue weighted by atomic mass is 10.3. The van der Waals surface area contributed by atoms with Gasteiger partial charge < -0.3 is 10.2 Å². The van der Waals surface area contributed by atoms with Crippen LogP contribution in [0.5, 0.6) is 0 Å². The van der Waals surface area contributed by atoms with Crippen molar-refractivity contribution in [1.82, 2.24) is 0 Å². The van der Waals surface area contributed by atoms with Crippen LogP contribution >= 0.6 is 0 Å². The molecule has 0 saturated carbocycles. The molecule has 1 N–H and O–H groups in total. The summed E-state index contributed by atoms with van der Waals surface area (Å²) < 4.78 is 0. The average Bonchev–Trinajstić information content (AvgIpc) is 2.03. The molecule has 0 aromatic heterocycles. The van der Waals surface area contributed by atoms with Crippen LogP contribution in [0.25, 0.3) is 0 Å². The van der Waals surface area contributed by atoms with Gasteiger partial charge in [0.2, 0.25) is 0 Å². The van der Waals surface area contributed by atoms with Crippen molar-refractivity contribution in [3.05, 3.63) is 24.0 Å². The highest BCUT2D eigenvalue weighted by Gasteiger charge is 1.90. The number of allylic oxidation sites excluding steroid dienone is 3. The van der Waals surface area contributed by atoms with Crippen molar-refractivity contribution < 1.29 is 19.8 Å². The number of aliphatic carboxylic acids is 1. The lowest BCUT2D eigenvalue weighted by molar-refractivity contribution is -0.302. The Labute approximate surface area is 69.8 Å². The Balaban J connectivity index is 4.12. The van der Waals surface area contributed by atoms with E-state index in [1.807, 2.05) is 0 Å². The predicted octanol–water partition coefficient (Wildman–Crippen LogP) is -0.150. The molecule has 0 rings (SSSR count). The Morgan fingerprint density at radius 1 is 1.50 bits per heavy atom. The summed E-state index contributed by atoms with van der Waals surface area (Å²) in [4.78, 5) is 20.5. The zero-order chi connectivity index (χ0) is 9.56. The van der Waals surface area contributed by atoms with Crippen molar-refractivity contribution in [2.75, 3.05) is 0 Å². The number of hydrogen-bond donors (Lipinski definition) is 1. The van der Waals surface area contributed by atoms with Crippen LogP contribution in [-0.2, 0) is 9.59 Å². The third kappa shape index (κ3) is 4.27. The van der Waals surface area contributed by atoms with Gasteiger partial charge in [-0.15, -0.1) is 0 Å². The van der Waals surface area contributed by atoms with E-state index in [9.17, 15) is 14.7 Å². The van der Waals surface area contributed by atoms with Crippen molar-refractivity contribution in [2.45, 2.75) is 13.3 Å². The van der Waals surface area contributed by atoms with Crippen LogP contribution in [0.2, 0.25) is 0 Å². The van der Waals surface area contributed by atoms with Gasteiger partial charge in [0, 0.05) is 6.42 Å². The van der Waals surface area contributed by atoms with Gasteiger partial charge in [0.05, 0.1) is 0 Å². The van der Waals surface area contributed by atoms with Gasteiger partial charge in [-0.05, 0) is 11.8 Å². The van der Waals surface area contributed by atoms with Crippen molar-refractivity contribution in [2.24, 2.45) is 0 Å². The number of carbonyl (C=O) groups excluding carboxylic acids is 1. The summed E-state index contributed by atoms with van der Waals surface area (Å²) in [5.74, 6) is -2.71. The summed E-state index contributed by atoms with van der Waals surface area (Å²) in [6.07, 6.45) is 3.49. The third-order valence-electron chi connectivity index (χ3n) is 1.09. The molecule has 66 valence electrons. The summed E-state index contributed by atoms with van der Waals surface area (Å²) in [7, 11) is 0. The molecule has 4 nitrogen and oxygen atoms in total. The molecule has 0 spiro atoms. The highest BCUT2D eigenvalue weighted by molar-refractivity contribution is 5.90. The maximum atomic E-state index is 10.6. The minimum atomic E-state index is -1.52. The summed E-state index contributed by atoms with van der Waals surface area (Å²) in [5, 5.41) is 18.5. The van der Waals surface area contributed by atoms with Crippen LogP contribution in [0.3, 0.4) is 0 Å². The summed E-state index contributed by atoms with van der Waals surface area (Å²) >= 11 is 0. The van der Waals surface area contributed by atoms with E-state index in [0.29, 0.717) is 6.42 Å². The fourth-order valence-corrected chi connectivity index (χ4v) is 0.432. The van der Waals surface area contributed by atoms with Gasteiger partial charge in [-0.3, -0.25) is 4.79 Å². The third-order valence-corrected chi connectivity index (χ3v) is 1.09. The van der Waals surface area contributed by atoms with Crippen molar-refractivity contribution >= 4 is 11.8 Å². The molecule has 0 aromatic rings. The first kappa shape index (κ1) is 10.4. The zero-order valence-corrected chi connectivity index (χ0v) is 6.61. The highest BCUT2D eigenvalue weighted by Crippen LogP contribution is 1.87. The molecule has 0 aliphatic carbocycles. The van der Waals surface area contributed by atoms with Gasteiger partial charge in [0.1, 0.15) is 0 Å². The molecule has 0 saturated heterocycles. The molecule has 0 heterocycles. The quantitative estimate of drug-likeness (QED) is 0.360. The maximum absolute atomic E-state index is 10.6. The monoisotopic (exact) mass is 169 g/mol. The maximum Gasteiger partial charge on any atom is 0.320 e. The van der Waals surface area contributed by atoms with Gasteiger partial charge >= 0.3 is 5.97 Å². The Bertz CT molecular complexity index is 237. The van der Waals surface area contributed by atoms with Crippen LogP contribution in [0.15, 0.2) is 24.0 Å². The highest BCUT2D eigenvalue weighted by atomic mass is 16.4. The second kappa shape index (κ2) is 5.12. The molecule has 0 bridgehead atoms.